The van der Waals surface area contributed by atoms with Crippen LogP contribution in [0, 0.1) is 0 Å². The van der Waals surface area contributed by atoms with Gasteiger partial charge in [0.1, 0.15) is 0 Å². The lowest BCUT2D eigenvalue weighted by Gasteiger charge is -2.01. The number of benzene rings is 1. The minimum atomic E-state index is 1.14. The second kappa shape index (κ2) is 4.46. The first kappa shape index (κ1) is 9.53. The summed E-state index contributed by atoms with van der Waals surface area (Å²) in [5.41, 5.74) is 3.50. The van der Waals surface area contributed by atoms with Crippen LogP contribution in [0.1, 0.15) is 18.1 Å². The van der Waals surface area contributed by atoms with Crippen LogP contribution in [0.25, 0.3) is 11.6 Å². The van der Waals surface area contributed by atoms with E-state index in [4.69, 9.17) is 0 Å². The van der Waals surface area contributed by atoms with Crippen LogP contribution >= 0.6 is 0 Å². The zero-order chi connectivity index (χ0) is 9.68. The highest BCUT2D eigenvalue weighted by molar-refractivity contribution is 5.73. The van der Waals surface area contributed by atoms with Gasteiger partial charge in [-0.1, -0.05) is 55.7 Å². The summed E-state index contributed by atoms with van der Waals surface area (Å²) in [4.78, 5) is 0. The molecule has 0 atom stereocenters. The van der Waals surface area contributed by atoms with E-state index in [1.807, 2.05) is 19.1 Å². The van der Waals surface area contributed by atoms with Crippen LogP contribution in [0.2, 0.25) is 0 Å². The maximum atomic E-state index is 3.76. The number of allylic oxidation sites excluding steroid dienone is 3. The fourth-order valence-electron chi connectivity index (χ4n) is 1.21. The highest BCUT2D eigenvalue weighted by atomic mass is 14.0. The molecule has 0 heteroatoms. The van der Waals surface area contributed by atoms with Crippen LogP contribution in [0.3, 0.4) is 0 Å². The quantitative estimate of drug-likeness (QED) is 0.603. The van der Waals surface area contributed by atoms with Gasteiger partial charge in [-0.3, -0.25) is 0 Å². The molecule has 0 aliphatic heterocycles. The molecule has 0 aliphatic carbocycles. The molecule has 0 aromatic heterocycles. The summed E-state index contributed by atoms with van der Waals surface area (Å²) < 4.78 is 0. The fourth-order valence-corrected chi connectivity index (χ4v) is 1.21. The summed E-state index contributed by atoms with van der Waals surface area (Å²) in [6.07, 6.45) is 5.76. The molecule has 0 amide bonds. The van der Waals surface area contributed by atoms with Crippen LogP contribution in [-0.4, -0.2) is 0 Å². The van der Waals surface area contributed by atoms with Crippen molar-refractivity contribution in [3.63, 3.8) is 0 Å². The summed E-state index contributed by atoms with van der Waals surface area (Å²) in [7, 11) is 0. The van der Waals surface area contributed by atoms with Gasteiger partial charge in [0.05, 0.1) is 0 Å². The van der Waals surface area contributed by atoms with Crippen molar-refractivity contribution < 1.29 is 0 Å². The maximum absolute atomic E-state index is 3.76. The van der Waals surface area contributed by atoms with Crippen molar-refractivity contribution >= 4 is 11.6 Å². The van der Waals surface area contributed by atoms with Crippen LogP contribution < -0.4 is 0 Å². The Labute approximate surface area is 79.9 Å². The Balaban J connectivity index is 3.04. The Morgan fingerprint density at radius 2 is 1.77 bits per heavy atom. The van der Waals surface area contributed by atoms with Gasteiger partial charge < -0.3 is 0 Å². The van der Waals surface area contributed by atoms with E-state index in [2.05, 4.69) is 43.5 Å². The molecule has 0 nitrogen and oxygen atoms in total. The first-order chi connectivity index (χ1) is 6.31. The van der Waals surface area contributed by atoms with Gasteiger partial charge in [0, 0.05) is 0 Å². The standard InChI is InChI=1S/C13H14/c1-4-11-7-9-13(10-8-11)12(5-2)6-3/h4-10H,1-2H2,3H3/b12-6+. The van der Waals surface area contributed by atoms with Crippen LogP contribution in [0.15, 0.2) is 49.6 Å². The number of hydrogen-bond acceptors (Lipinski definition) is 0. The third kappa shape index (κ3) is 2.19. The zero-order valence-corrected chi connectivity index (χ0v) is 7.96. The molecule has 0 saturated heterocycles. The molecule has 0 heterocycles. The molecule has 1 rings (SSSR count). The molecule has 66 valence electrons. The molecule has 0 radical (unpaired) electrons. The normalized spacial score (nSPS) is 11.0. The van der Waals surface area contributed by atoms with Crippen molar-refractivity contribution in [3.8, 4) is 0 Å². The van der Waals surface area contributed by atoms with E-state index in [9.17, 15) is 0 Å². The second-order valence-electron chi connectivity index (χ2n) is 2.77. The largest absolute Gasteiger partial charge is 0.0985 e. The highest BCUT2D eigenvalue weighted by Gasteiger charge is 1.94. The predicted octanol–water partition coefficient (Wildman–Crippen LogP) is 3.92. The van der Waals surface area contributed by atoms with Crippen LogP contribution in [0.4, 0.5) is 0 Å². The van der Waals surface area contributed by atoms with Gasteiger partial charge in [-0.15, -0.1) is 0 Å². The third-order valence-electron chi connectivity index (χ3n) is 2.01. The van der Waals surface area contributed by atoms with Gasteiger partial charge in [-0.25, -0.2) is 0 Å². The van der Waals surface area contributed by atoms with Crippen molar-refractivity contribution in [1.29, 1.82) is 0 Å². The zero-order valence-electron chi connectivity index (χ0n) is 7.96. The molecule has 13 heavy (non-hydrogen) atoms. The van der Waals surface area contributed by atoms with Gasteiger partial charge in [-0.05, 0) is 23.6 Å². The molecule has 0 unspecified atom stereocenters. The first-order valence-corrected chi connectivity index (χ1v) is 4.33. The van der Waals surface area contributed by atoms with Crippen molar-refractivity contribution in [1.82, 2.24) is 0 Å². The van der Waals surface area contributed by atoms with E-state index < -0.39 is 0 Å². The second-order valence-corrected chi connectivity index (χ2v) is 2.77. The minimum Gasteiger partial charge on any atom is -0.0985 e. The SMILES string of the molecule is C=C/C(=C\C)c1ccc(C=C)cc1. The predicted molar refractivity (Wildman–Crippen MR) is 60.4 cm³/mol. The van der Waals surface area contributed by atoms with Crippen molar-refractivity contribution in [2.75, 3.05) is 0 Å². The average molecular weight is 170 g/mol. The summed E-state index contributed by atoms with van der Waals surface area (Å²) >= 11 is 0. The number of rotatable bonds is 3. The molecular weight excluding hydrogens is 156 g/mol. The molecule has 1 aromatic carbocycles. The lowest BCUT2D eigenvalue weighted by atomic mass is 10.0. The summed E-state index contributed by atoms with van der Waals surface area (Å²) in [6, 6.07) is 8.26. The Morgan fingerprint density at radius 1 is 1.15 bits per heavy atom. The molecule has 0 N–H and O–H groups in total. The van der Waals surface area contributed by atoms with E-state index in [-0.39, 0.29) is 0 Å². The molecule has 0 fully saturated rings. The molecule has 1 aromatic rings. The van der Waals surface area contributed by atoms with Crippen molar-refractivity contribution in [2.45, 2.75) is 6.92 Å². The lowest BCUT2D eigenvalue weighted by Crippen LogP contribution is -1.80. The molecule has 0 spiro atoms. The Kier molecular flexibility index (Phi) is 3.27. The van der Waals surface area contributed by atoms with Gasteiger partial charge >= 0.3 is 0 Å². The van der Waals surface area contributed by atoms with Crippen molar-refractivity contribution in [2.24, 2.45) is 0 Å². The molecule has 0 saturated carbocycles. The maximum Gasteiger partial charge on any atom is -0.0187 e. The number of hydrogen-bond donors (Lipinski definition) is 0. The highest BCUT2D eigenvalue weighted by Crippen LogP contribution is 2.16. The summed E-state index contributed by atoms with van der Waals surface area (Å²) in [6.45, 7) is 9.49. The van der Waals surface area contributed by atoms with Crippen molar-refractivity contribution in [3.05, 3.63) is 60.7 Å². The Morgan fingerprint density at radius 3 is 2.15 bits per heavy atom. The lowest BCUT2D eigenvalue weighted by molar-refractivity contribution is 1.58. The minimum absolute atomic E-state index is 1.14. The Bertz CT molecular complexity index is 326. The van der Waals surface area contributed by atoms with E-state index >= 15 is 0 Å². The van der Waals surface area contributed by atoms with Crippen LogP contribution in [-0.2, 0) is 0 Å². The molecule has 0 aliphatic rings. The molecule has 0 bridgehead atoms. The Hall–Kier alpha value is -1.56. The van der Waals surface area contributed by atoms with Gasteiger partial charge in [0.25, 0.3) is 0 Å². The van der Waals surface area contributed by atoms with E-state index in [0.717, 1.165) is 11.1 Å². The van der Waals surface area contributed by atoms with E-state index in [1.165, 1.54) is 5.56 Å². The monoisotopic (exact) mass is 170 g/mol. The van der Waals surface area contributed by atoms with Crippen LogP contribution in [0.5, 0.6) is 0 Å². The summed E-state index contributed by atoms with van der Waals surface area (Å²) in [5, 5.41) is 0. The average Bonchev–Trinajstić information content (AvgIpc) is 2.21. The fraction of sp³-hybridized carbons (Fsp3) is 0.0769. The van der Waals surface area contributed by atoms with Gasteiger partial charge in [-0.2, -0.15) is 0 Å². The van der Waals surface area contributed by atoms with E-state index in [1.54, 1.807) is 0 Å². The van der Waals surface area contributed by atoms with E-state index in [0.29, 0.717) is 0 Å². The first-order valence-electron chi connectivity index (χ1n) is 4.33. The molecular formula is C13H14. The van der Waals surface area contributed by atoms with Gasteiger partial charge in [0.2, 0.25) is 0 Å². The summed E-state index contributed by atoms with van der Waals surface area (Å²) in [5.74, 6) is 0. The topological polar surface area (TPSA) is 0 Å². The smallest absolute Gasteiger partial charge is 0.0187 e. The third-order valence-corrected chi connectivity index (χ3v) is 2.01. The van der Waals surface area contributed by atoms with Gasteiger partial charge in [0.15, 0.2) is 0 Å².